The summed E-state index contributed by atoms with van der Waals surface area (Å²) in [5, 5.41) is 12.0. The van der Waals surface area contributed by atoms with Crippen LogP contribution < -0.4 is 10.1 Å². The van der Waals surface area contributed by atoms with Crippen LogP contribution in [-0.2, 0) is 13.2 Å². The Labute approximate surface area is 195 Å². The Morgan fingerprint density at radius 1 is 0.970 bits per heavy atom. The largest absolute Gasteiger partial charge is 0.487 e. The van der Waals surface area contributed by atoms with Crippen LogP contribution in [0.5, 0.6) is 5.75 Å². The monoisotopic (exact) mass is 440 g/mol. The van der Waals surface area contributed by atoms with Crippen molar-refractivity contribution in [2.24, 2.45) is 0 Å². The summed E-state index contributed by atoms with van der Waals surface area (Å²) in [7, 11) is 0. The molecule has 1 saturated heterocycles. The number of aryl methyl sites for hydroxylation is 1. The quantitative estimate of drug-likeness (QED) is 0.598. The SMILES string of the molecule is Cc1ccc(NC(=O)N2CCN(Cc3ccc(C#N)cc3)CC2)c(OCc2ccccc2)c1. The van der Waals surface area contributed by atoms with Crippen molar-refractivity contribution in [3.05, 3.63) is 95.1 Å². The summed E-state index contributed by atoms with van der Waals surface area (Å²) in [5.41, 5.74) is 4.68. The second-order valence-electron chi connectivity index (χ2n) is 8.28. The van der Waals surface area contributed by atoms with Gasteiger partial charge in [-0.15, -0.1) is 0 Å². The molecule has 3 aromatic carbocycles. The molecule has 1 heterocycles. The number of nitrogens with one attached hydrogen (secondary N) is 1. The van der Waals surface area contributed by atoms with Gasteiger partial charge in [0.25, 0.3) is 0 Å². The lowest BCUT2D eigenvalue weighted by molar-refractivity contribution is 0.143. The van der Waals surface area contributed by atoms with E-state index in [1.165, 1.54) is 5.56 Å². The van der Waals surface area contributed by atoms with Gasteiger partial charge in [-0.25, -0.2) is 4.79 Å². The number of anilines is 1. The fraction of sp³-hybridized carbons (Fsp3) is 0.259. The molecule has 6 nitrogen and oxygen atoms in total. The van der Waals surface area contributed by atoms with E-state index in [1.54, 1.807) is 0 Å². The highest BCUT2D eigenvalue weighted by molar-refractivity contribution is 5.91. The molecule has 1 aliphatic heterocycles. The summed E-state index contributed by atoms with van der Waals surface area (Å²) in [4.78, 5) is 17.1. The Morgan fingerprint density at radius 3 is 2.39 bits per heavy atom. The number of benzene rings is 3. The van der Waals surface area contributed by atoms with Gasteiger partial charge < -0.3 is 15.0 Å². The molecule has 0 bridgehead atoms. The predicted molar refractivity (Wildman–Crippen MR) is 129 cm³/mol. The number of urea groups is 1. The first-order valence-corrected chi connectivity index (χ1v) is 11.2. The Balaban J connectivity index is 1.31. The van der Waals surface area contributed by atoms with E-state index < -0.39 is 0 Å². The molecule has 6 heteroatoms. The molecule has 1 N–H and O–H groups in total. The highest BCUT2D eigenvalue weighted by Crippen LogP contribution is 2.27. The molecule has 4 rings (SSSR count). The minimum absolute atomic E-state index is 0.110. The van der Waals surface area contributed by atoms with Crippen LogP contribution in [0.4, 0.5) is 10.5 Å². The maximum absolute atomic E-state index is 12.9. The average Bonchev–Trinajstić information content (AvgIpc) is 2.85. The van der Waals surface area contributed by atoms with Gasteiger partial charge in [-0.2, -0.15) is 5.26 Å². The number of hydrogen-bond donors (Lipinski definition) is 1. The van der Waals surface area contributed by atoms with Crippen molar-refractivity contribution in [1.29, 1.82) is 5.26 Å². The van der Waals surface area contributed by atoms with Crippen molar-refractivity contribution in [3.63, 3.8) is 0 Å². The maximum atomic E-state index is 12.9. The molecule has 168 valence electrons. The third-order valence-corrected chi connectivity index (χ3v) is 5.76. The van der Waals surface area contributed by atoms with E-state index in [4.69, 9.17) is 10.00 Å². The molecule has 1 aliphatic rings. The van der Waals surface area contributed by atoms with Gasteiger partial charge in [-0.3, -0.25) is 4.90 Å². The first-order valence-electron chi connectivity index (χ1n) is 11.2. The number of rotatable bonds is 6. The second kappa shape index (κ2) is 10.7. The number of nitrogens with zero attached hydrogens (tertiary/aromatic N) is 3. The van der Waals surface area contributed by atoms with Crippen molar-refractivity contribution in [3.8, 4) is 11.8 Å². The van der Waals surface area contributed by atoms with Crippen LogP contribution in [0, 0.1) is 18.3 Å². The maximum Gasteiger partial charge on any atom is 0.322 e. The van der Waals surface area contributed by atoms with Gasteiger partial charge in [0.2, 0.25) is 0 Å². The Morgan fingerprint density at radius 2 is 1.70 bits per heavy atom. The molecule has 33 heavy (non-hydrogen) atoms. The van der Waals surface area contributed by atoms with Crippen LogP contribution >= 0.6 is 0 Å². The minimum atomic E-state index is -0.110. The summed E-state index contributed by atoms with van der Waals surface area (Å²) >= 11 is 0. The topological polar surface area (TPSA) is 68.6 Å². The van der Waals surface area contributed by atoms with Gasteiger partial charge in [-0.1, -0.05) is 48.5 Å². The Kier molecular flexibility index (Phi) is 7.23. The molecule has 0 radical (unpaired) electrons. The van der Waals surface area contributed by atoms with Crippen molar-refractivity contribution in [2.45, 2.75) is 20.1 Å². The zero-order chi connectivity index (χ0) is 23.0. The number of nitriles is 1. The summed E-state index contributed by atoms with van der Waals surface area (Å²) in [6, 6.07) is 25.5. The lowest BCUT2D eigenvalue weighted by Gasteiger charge is -2.34. The summed E-state index contributed by atoms with van der Waals surface area (Å²) in [5.74, 6) is 0.673. The van der Waals surface area contributed by atoms with Gasteiger partial charge in [0.15, 0.2) is 0 Å². The number of carbonyl (C=O) groups excluding carboxylic acids is 1. The van der Waals surface area contributed by atoms with Gasteiger partial charge >= 0.3 is 6.03 Å². The van der Waals surface area contributed by atoms with Gasteiger partial charge in [0.05, 0.1) is 17.3 Å². The second-order valence-corrected chi connectivity index (χ2v) is 8.28. The number of amides is 2. The van der Waals surface area contributed by atoms with E-state index in [0.29, 0.717) is 36.7 Å². The summed E-state index contributed by atoms with van der Waals surface area (Å²) in [6.45, 7) is 6.20. The van der Waals surface area contributed by atoms with E-state index in [0.717, 1.165) is 30.8 Å². The molecule has 0 atom stereocenters. The Bertz CT molecular complexity index is 1120. The van der Waals surface area contributed by atoms with E-state index >= 15 is 0 Å². The van der Waals surface area contributed by atoms with Crippen LogP contribution in [0.15, 0.2) is 72.8 Å². The molecule has 0 unspecified atom stereocenters. The molecule has 0 saturated carbocycles. The van der Waals surface area contributed by atoms with E-state index in [1.807, 2.05) is 84.6 Å². The zero-order valence-corrected chi connectivity index (χ0v) is 18.8. The molecular weight excluding hydrogens is 412 g/mol. The van der Waals surface area contributed by atoms with Crippen LogP contribution in [-0.4, -0.2) is 42.0 Å². The molecule has 0 aliphatic carbocycles. The summed E-state index contributed by atoms with van der Waals surface area (Å²) in [6.07, 6.45) is 0. The molecule has 3 aromatic rings. The van der Waals surface area contributed by atoms with Crippen LogP contribution in [0.1, 0.15) is 22.3 Å². The van der Waals surface area contributed by atoms with Gasteiger partial charge in [-0.05, 0) is 47.9 Å². The van der Waals surface area contributed by atoms with E-state index in [2.05, 4.69) is 16.3 Å². The average molecular weight is 441 g/mol. The number of carbonyl (C=O) groups is 1. The standard InChI is InChI=1S/C27H28N4O2/c1-21-7-12-25(26(17-21)33-20-24-5-3-2-4-6-24)29-27(32)31-15-13-30(14-16-31)19-23-10-8-22(18-28)9-11-23/h2-12,17H,13-16,19-20H2,1H3,(H,29,32). The van der Waals surface area contributed by atoms with Crippen molar-refractivity contribution in [2.75, 3.05) is 31.5 Å². The van der Waals surface area contributed by atoms with E-state index in [9.17, 15) is 4.79 Å². The van der Waals surface area contributed by atoms with Gasteiger partial charge in [0, 0.05) is 32.7 Å². The van der Waals surface area contributed by atoms with Gasteiger partial charge in [0.1, 0.15) is 12.4 Å². The number of hydrogen-bond acceptors (Lipinski definition) is 4. The normalized spacial score (nSPS) is 13.9. The smallest absolute Gasteiger partial charge is 0.322 e. The zero-order valence-electron chi connectivity index (χ0n) is 18.8. The molecule has 0 spiro atoms. The molecule has 0 aromatic heterocycles. The van der Waals surface area contributed by atoms with E-state index in [-0.39, 0.29) is 6.03 Å². The highest BCUT2D eigenvalue weighted by Gasteiger charge is 2.22. The molecular formula is C27H28N4O2. The lowest BCUT2D eigenvalue weighted by Crippen LogP contribution is -2.49. The minimum Gasteiger partial charge on any atom is -0.487 e. The molecule has 1 fully saturated rings. The third kappa shape index (κ3) is 6.12. The first kappa shape index (κ1) is 22.4. The fourth-order valence-electron chi connectivity index (χ4n) is 3.83. The van der Waals surface area contributed by atoms with Crippen LogP contribution in [0.3, 0.4) is 0 Å². The predicted octanol–water partition coefficient (Wildman–Crippen LogP) is 4.80. The van der Waals surface area contributed by atoms with Crippen LogP contribution in [0.25, 0.3) is 0 Å². The lowest BCUT2D eigenvalue weighted by atomic mass is 10.1. The summed E-state index contributed by atoms with van der Waals surface area (Å²) < 4.78 is 6.03. The van der Waals surface area contributed by atoms with Crippen molar-refractivity contribution in [1.82, 2.24) is 9.80 Å². The van der Waals surface area contributed by atoms with Crippen molar-refractivity contribution >= 4 is 11.7 Å². The fourth-order valence-corrected chi connectivity index (χ4v) is 3.83. The molecule has 2 amide bonds. The van der Waals surface area contributed by atoms with Crippen LogP contribution in [0.2, 0.25) is 0 Å². The number of piperazine rings is 1. The highest BCUT2D eigenvalue weighted by atomic mass is 16.5. The third-order valence-electron chi connectivity index (χ3n) is 5.76. The van der Waals surface area contributed by atoms with Crippen molar-refractivity contribution < 1.29 is 9.53 Å². The number of ether oxygens (including phenoxy) is 1. The first-order chi connectivity index (χ1) is 16.1. The Hall–Kier alpha value is -3.82.